The predicted molar refractivity (Wildman–Crippen MR) is 390 cm³/mol. The number of phosphoric ester groups is 2. The fraction of sp³-hybridized carbons (Fsp3) is 0.662. The van der Waals surface area contributed by atoms with Gasteiger partial charge in [0.25, 0.3) is 0 Å². The Labute approximate surface area is 580 Å². The van der Waals surface area contributed by atoms with E-state index in [0.717, 1.165) is 167 Å². The van der Waals surface area contributed by atoms with Crippen LogP contribution in [0.2, 0.25) is 0 Å². The lowest BCUT2D eigenvalue weighted by atomic mass is 10.1. The number of esters is 4. The van der Waals surface area contributed by atoms with E-state index in [1.165, 1.54) is 25.7 Å². The van der Waals surface area contributed by atoms with Gasteiger partial charge in [-0.2, -0.15) is 0 Å². The highest BCUT2D eigenvalue weighted by molar-refractivity contribution is 7.47. The molecular weight excluding hydrogens is 1260 g/mol. The third kappa shape index (κ3) is 67.8. The van der Waals surface area contributed by atoms with E-state index in [2.05, 4.69) is 137 Å². The molecule has 0 heterocycles. The maximum atomic E-state index is 13.0. The topological polar surface area (TPSA) is 237 Å². The Kier molecular flexibility index (Phi) is 65.3. The minimum atomic E-state index is -5.00. The number of hydrogen-bond donors (Lipinski definition) is 3. The molecule has 0 fully saturated rings. The number of aliphatic hydroxyl groups excluding tert-OH is 1. The molecule has 0 spiro atoms. The molecule has 0 aliphatic carbocycles. The van der Waals surface area contributed by atoms with Gasteiger partial charge in [0.2, 0.25) is 0 Å². The molecule has 0 aromatic carbocycles. The zero-order valence-electron chi connectivity index (χ0n) is 59.5. The van der Waals surface area contributed by atoms with Crippen LogP contribution < -0.4 is 0 Å². The lowest BCUT2D eigenvalue weighted by molar-refractivity contribution is -0.161. The first-order valence-electron chi connectivity index (χ1n) is 36.4. The van der Waals surface area contributed by atoms with Gasteiger partial charge in [-0.15, -0.1) is 0 Å². The summed E-state index contributed by atoms with van der Waals surface area (Å²) in [4.78, 5) is 72.6. The van der Waals surface area contributed by atoms with Crippen molar-refractivity contribution in [2.45, 2.75) is 290 Å². The van der Waals surface area contributed by atoms with Crippen molar-refractivity contribution in [3.05, 3.63) is 134 Å². The summed E-state index contributed by atoms with van der Waals surface area (Å²) in [5.74, 6) is -2.37. The van der Waals surface area contributed by atoms with E-state index in [1.54, 1.807) is 6.08 Å². The Morgan fingerprint density at radius 3 is 0.979 bits per heavy atom. The zero-order valence-corrected chi connectivity index (χ0v) is 61.3. The van der Waals surface area contributed by atoms with Gasteiger partial charge in [0.15, 0.2) is 12.2 Å². The molecular formula is C77H128O17P2. The highest BCUT2D eigenvalue weighted by atomic mass is 31.2. The van der Waals surface area contributed by atoms with Crippen LogP contribution in [-0.2, 0) is 65.4 Å². The summed E-state index contributed by atoms with van der Waals surface area (Å²) in [5, 5.41) is 10.6. The molecule has 5 unspecified atom stereocenters. The highest BCUT2D eigenvalue weighted by Crippen LogP contribution is 2.45. The van der Waals surface area contributed by atoms with E-state index < -0.39 is 97.5 Å². The van der Waals surface area contributed by atoms with Gasteiger partial charge in [-0.3, -0.25) is 37.3 Å². The smallest absolute Gasteiger partial charge is 0.462 e. The van der Waals surface area contributed by atoms with Crippen molar-refractivity contribution in [2.24, 2.45) is 0 Å². The zero-order chi connectivity index (χ0) is 70.4. The minimum Gasteiger partial charge on any atom is -0.462 e. The lowest BCUT2D eigenvalue weighted by Crippen LogP contribution is -2.30. The van der Waals surface area contributed by atoms with Crippen molar-refractivity contribution in [3.63, 3.8) is 0 Å². The average Bonchev–Trinajstić information content (AvgIpc) is 1.14. The van der Waals surface area contributed by atoms with Crippen LogP contribution in [0.3, 0.4) is 0 Å². The van der Waals surface area contributed by atoms with E-state index in [-0.39, 0.29) is 25.7 Å². The van der Waals surface area contributed by atoms with Gasteiger partial charge in [0, 0.05) is 19.3 Å². The molecule has 548 valence electrons. The minimum absolute atomic E-state index is 0.0556. The van der Waals surface area contributed by atoms with E-state index in [0.29, 0.717) is 25.7 Å². The Hall–Kier alpha value is -4.80. The van der Waals surface area contributed by atoms with Crippen molar-refractivity contribution < 1.29 is 80.2 Å². The van der Waals surface area contributed by atoms with Gasteiger partial charge < -0.3 is 33.8 Å². The Bertz CT molecular complexity index is 2350. The van der Waals surface area contributed by atoms with Crippen LogP contribution in [0.4, 0.5) is 0 Å². The number of carbonyl (C=O) groups excluding carboxylic acids is 4. The second-order valence-electron chi connectivity index (χ2n) is 23.8. The summed E-state index contributed by atoms with van der Waals surface area (Å²) < 4.78 is 68.2. The van der Waals surface area contributed by atoms with Crippen LogP contribution in [0, 0.1) is 0 Å². The van der Waals surface area contributed by atoms with Gasteiger partial charge in [-0.25, -0.2) is 9.13 Å². The van der Waals surface area contributed by atoms with Crippen molar-refractivity contribution in [2.75, 3.05) is 39.6 Å². The standard InChI is InChI=1S/C77H128O17P2/c1-5-9-13-17-21-25-29-33-35-39-41-45-49-53-57-61-74(79)87-67-72(93-76(81)63-59-55-51-47-43-37-31-27-23-19-15-11-7-3)69-91-95(83,84)89-65-71(78)66-90-96(85,86)92-70-73(94-77(82)64-60-56-52-48-44-38-32-28-24-20-16-12-8-4)68-88-75(80)62-58-54-50-46-42-40-36-34-30-26-22-18-14-10-6-2/h9-10,13-15,19,21-22,25-28,31-36,41,45,53,57,71-73,78H,5-8,11-12,16-18,20,23-24,29-30,37-40,42-44,46-52,54-56,58-70H2,1-4H3,(H,83,84)(H,85,86)/b13-9-,14-10-,19-15-,25-21-,26-22-,31-27-,32-28-,35-33-,36-34-,45-41-,57-53-. The van der Waals surface area contributed by atoms with Crippen LogP contribution in [0.25, 0.3) is 0 Å². The summed E-state index contributed by atoms with van der Waals surface area (Å²) in [7, 11) is -9.98. The van der Waals surface area contributed by atoms with Crippen molar-refractivity contribution >= 4 is 39.5 Å². The van der Waals surface area contributed by atoms with Crippen LogP contribution in [-0.4, -0.2) is 96.7 Å². The molecule has 19 heteroatoms. The summed E-state index contributed by atoms with van der Waals surface area (Å²) in [6.07, 6.45) is 74.9. The second kappa shape index (κ2) is 68.7. The number of rotatable bonds is 67. The first-order chi connectivity index (χ1) is 46.7. The van der Waals surface area contributed by atoms with Crippen molar-refractivity contribution in [1.29, 1.82) is 0 Å². The molecule has 96 heavy (non-hydrogen) atoms. The number of aliphatic hydroxyl groups is 1. The molecule has 0 saturated heterocycles. The molecule has 0 radical (unpaired) electrons. The third-order valence-electron chi connectivity index (χ3n) is 14.6. The maximum Gasteiger partial charge on any atom is 0.472 e. The summed E-state index contributed by atoms with van der Waals surface area (Å²) in [6, 6.07) is 0. The van der Waals surface area contributed by atoms with Gasteiger partial charge in [-0.05, 0) is 135 Å². The van der Waals surface area contributed by atoms with E-state index >= 15 is 0 Å². The normalized spacial score (nSPS) is 14.8. The molecule has 0 amide bonds. The fourth-order valence-electron chi connectivity index (χ4n) is 9.10. The highest BCUT2D eigenvalue weighted by Gasteiger charge is 2.30. The van der Waals surface area contributed by atoms with Crippen LogP contribution in [0.1, 0.15) is 272 Å². The number of carbonyl (C=O) groups is 4. The maximum absolute atomic E-state index is 13.0. The number of phosphoric acid groups is 2. The predicted octanol–water partition coefficient (Wildman–Crippen LogP) is 20.5. The van der Waals surface area contributed by atoms with E-state index in [4.69, 9.17) is 37.0 Å². The van der Waals surface area contributed by atoms with Gasteiger partial charge in [0.1, 0.15) is 19.3 Å². The Balaban J connectivity index is 5.44. The van der Waals surface area contributed by atoms with Crippen LogP contribution in [0.15, 0.2) is 134 Å². The average molecular weight is 1390 g/mol. The molecule has 0 aliphatic heterocycles. The van der Waals surface area contributed by atoms with E-state index in [9.17, 15) is 43.2 Å². The quantitative estimate of drug-likeness (QED) is 0.0169. The van der Waals surface area contributed by atoms with Gasteiger partial charge in [-0.1, -0.05) is 245 Å². The van der Waals surface area contributed by atoms with E-state index in [1.807, 2.05) is 18.2 Å². The first kappa shape index (κ1) is 91.2. The number of hydrogen-bond acceptors (Lipinski definition) is 15. The monoisotopic (exact) mass is 1390 g/mol. The number of ether oxygens (including phenoxy) is 4. The van der Waals surface area contributed by atoms with Gasteiger partial charge in [0.05, 0.1) is 32.8 Å². The first-order valence-corrected chi connectivity index (χ1v) is 39.4. The van der Waals surface area contributed by atoms with Crippen LogP contribution in [0.5, 0.6) is 0 Å². The molecule has 0 saturated carbocycles. The molecule has 0 aromatic rings. The summed E-state index contributed by atoms with van der Waals surface area (Å²) in [6.45, 7) is 4.38. The van der Waals surface area contributed by atoms with Crippen LogP contribution >= 0.6 is 15.6 Å². The second-order valence-corrected chi connectivity index (χ2v) is 26.7. The SMILES string of the molecule is CC/C=C\C/C=C\C/C=C\C/C=C\C/C=C\CC(=O)OCC(COP(=O)(O)OCC(O)COP(=O)(O)OCC(COC(=O)CCCCCCC/C=C\C/C=C\C/C=C\CC)OC(=O)CCCCCCC/C=C\CCCCCC)OC(=O)CCCCCCC/C=C\C/C=C\CCC. The number of unbranched alkanes of at least 4 members (excludes halogenated alkanes) is 20. The molecule has 0 rings (SSSR count). The van der Waals surface area contributed by atoms with Crippen molar-refractivity contribution in [1.82, 2.24) is 0 Å². The van der Waals surface area contributed by atoms with Gasteiger partial charge >= 0.3 is 39.5 Å². The van der Waals surface area contributed by atoms with Crippen molar-refractivity contribution in [3.8, 4) is 0 Å². The summed E-state index contributed by atoms with van der Waals surface area (Å²) in [5.41, 5.74) is 0. The molecule has 0 bridgehead atoms. The Morgan fingerprint density at radius 1 is 0.312 bits per heavy atom. The Morgan fingerprint density at radius 2 is 0.604 bits per heavy atom. The molecule has 5 atom stereocenters. The molecule has 3 N–H and O–H groups in total. The largest absolute Gasteiger partial charge is 0.472 e. The molecule has 0 aliphatic rings. The third-order valence-corrected chi connectivity index (χ3v) is 16.5. The molecule has 0 aromatic heterocycles. The lowest BCUT2D eigenvalue weighted by Gasteiger charge is -2.21. The molecule has 17 nitrogen and oxygen atoms in total. The fourth-order valence-corrected chi connectivity index (χ4v) is 10.7. The summed E-state index contributed by atoms with van der Waals surface area (Å²) >= 11 is 0. The number of allylic oxidation sites excluding steroid dienone is 21.